The molecule has 2 aromatic carbocycles. The number of halogens is 2. The minimum Gasteiger partial charge on any atom is -0.872 e. The van der Waals surface area contributed by atoms with E-state index >= 15 is 0 Å². The molecule has 132 valence electrons. The number of aromatic carboxylic acids is 1. The zero-order valence-corrected chi connectivity index (χ0v) is 20.7. The van der Waals surface area contributed by atoms with Crippen LogP contribution in [0.15, 0.2) is 39.4 Å². The van der Waals surface area contributed by atoms with E-state index in [1.807, 2.05) is 0 Å². The van der Waals surface area contributed by atoms with Gasteiger partial charge in [0.2, 0.25) is 0 Å². The maximum atomic E-state index is 11.7. The number of rotatable bonds is 4. The molecule has 27 heavy (non-hydrogen) atoms. The molecule has 0 aromatic heterocycles. The molecule has 0 saturated heterocycles. The number of benzene rings is 2. The number of carbonyl (C=O) groups is 1. The third kappa shape index (κ3) is 6.67. The number of hydrogen-bond acceptors (Lipinski definition) is 7. The Balaban J connectivity index is 0.00000338. The molecule has 1 N–H and O–H groups in total. The summed E-state index contributed by atoms with van der Waals surface area (Å²) >= 11 is 11.6. The first-order chi connectivity index (χ1) is 11.5. The van der Waals surface area contributed by atoms with Crippen LogP contribution in [0.4, 0.5) is 11.4 Å². The zero-order valence-electron chi connectivity index (χ0n) is 14.4. The second kappa shape index (κ2) is 10.5. The number of carbonyl (C=O) groups excluding carboxylic acids is 1. The minimum absolute atomic E-state index is 0. The monoisotopic (exact) mass is 448 g/mol. The first-order valence-electron chi connectivity index (χ1n) is 6.42. The average Bonchev–Trinajstić information content (AvgIpc) is 2.49. The van der Waals surface area contributed by atoms with Crippen molar-refractivity contribution in [2.75, 3.05) is 0 Å². The maximum Gasteiger partial charge on any atom is 1.00 e. The van der Waals surface area contributed by atoms with E-state index < -0.39 is 32.3 Å². The molecule has 0 aliphatic rings. The number of hydrogen-bond donors (Lipinski definition) is 1. The standard InChI is InChI=1S/C14H10Cl2N2O6S.2Na/c1-6-2-7(3-8(13(6)19)14(20)21)17-18-11-4-10(16)12(5-9(11)15)25(22,23)24;;/h2-5,19H,1H3,(H,20,21)(H,22,23,24);;/q;2*+1/p-2. The molecule has 0 amide bonds. The van der Waals surface area contributed by atoms with Gasteiger partial charge in [0.25, 0.3) is 10.1 Å². The summed E-state index contributed by atoms with van der Waals surface area (Å²) in [5, 5.41) is 29.6. The normalized spacial score (nSPS) is 11.0. The van der Waals surface area contributed by atoms with Gasteiger partial charge in [0.05, 0.1) is 21.7 Å². The Morgan fingerprint density at radius 2 is 1.67 bits per heavy atom. The van der Waals surface area contributed by atoms with E-state index in [1.54, 1.807) is 0 Å². The van der Waals surface area contributed by atoms with Gasteiger partial charge in [-0.3, -0.25) is 4.55 Å². The molecule has 0 bridgehead atoms. The quantitative estimate of drug-likeness (QED) is 0.291. The van der Waals surface area contributed by atoms with Crippen LogP contribution in [0.1, 0.15) is 15.9 Å². The van der Waals surface area contributed by atoms with Crippen LogP contribution in [0.25, 0.3) is 0 Å². The van der Waals surface area contributed by atoms with Crippen molar-refractivity contribution >= 4 is 50.7 Å². The van der Waals surface area contributed by atoms with Gasteiger partial charge in [0.15, 0.2) is 0 Å². The number of aryl methyl sites for hydroxylation is 1. The van der Waals surface area contributed by atoms with Crippen LogP contribution in [-0.2, 0) is 10.1 Å². The Bertz CT molecular complexity index is 1020. The molecular formula is C14H8Cl2N2Na2O6S. The van der Waals surface area contributed by atoms with Gasteiger partial charge in [-0.2, -0.15) is 13.5 Å². The van der Waals surface area contributed by atoms with Crippen molar-refractivity contribution in [3.8, 4) is 5.75 Å². The van der Waals surface area contributed by atoms with Gasteiger partial charge in [-0.05, 0) is 36.8 Å². The van der Waals surface area contributed by atoms with Gasteiger partial charge in [-0.25, -0.2) is 0 Å². The summed E-state index contributed by atoms with van der Waals surface area (Å²) in [6, 6.07) is 4.24. The van der Waals surface area contributed by atoms with Gasteiger partial charge >= 0.3 is 59.1 Å². The first-order valence-corrected chi connectivity index (χ1v) is 8.61. The molecule has 0 aliphatic carbocycles. The molecule has 0 heterocycles. The van der Waals surface area contributed by atoms with E-state index in [0.717, 1.165) is 18.2 Å². The molecule has 0 spiro atoms. The van der Waals surface area contributed by atoms with Crippen LogP contribution in [-0.4, -0.2) is 18.9 Å². The third-order valence-corrected chi connectivity index (χ3v) is 4.65. The summed E-state index contributed by atoms with van der Waals surface area (Å²) in [5.41, 5.74) is -0.429. The Kier molecular flexibility index (Phi) is 10.5. The van der Waals surface area contributed by atoms with Gasteiger partial charge in [-0.1, -0.05) is 34.5 Å². The predicted molar refractivity (Wildman–Crippen MR) is 85.4 cm³/mol. The first kappa shape index (κ1) is 26.8. The second-order valence-corrected chi connectivity index (χ2v) is 7.04. The topological polar surface area (TPSA) is 142 Å². The van der Waals surface area contributed by atoms with Gasteiger partial charge in [0, 0.05) is 0 Å². The average molecular weight is 449 g/mol. The Morgan fingerprint density at radius 3 is 2.19 bits per heavy atom. The molecule has 0 radical (unpaired) electrons. The van der Waals surface area contributed by atoms with Crippen molar-refractivity contribution in [1.29, 1.82) is 0 Å². The molecule has 8 nitrogen and oxygen atoms in total. The van der Waals surface area contributed by atoms with Crippen molar-refractivity contribution in [3.05, 3.63) is 45.4 Å². The smallest absolute Gasteiger partial charge is 0.872 e. The van der Waals surface area contributed by atoms with E-state index in [2.05, 4.69) is 10.2 Å². The van der Waals surface area contributed by atoms with E-state index in [9.17, 15) is 23.4 Å². The fourth-order valence-corrected chi connectivity index (χ4v) is 3.16. The number of carboxylic acids is 1. The molecular weight excluding hydrogens is 441 g/mol. The molecule has 2 rings (SSSR count). The van der Waals surface area contributed by atoms with Crippen molar-refractivity contribution in [3.63, 3.8) is 0 Å². The van der Waals surface area contributed by atoms with Gasteiger partial charge in [0.1, 0.15) is 10.6 Å². The van der Waals surface area contributed by atoms with Gasteiger partial charge < -0.3 is 15.0 Å². The minimum atomic E-state index is -4.56. The van der Waals surface area contributed by atoms with Crippen LogP contribution in [0.2, 0.25) is 10.0 Å². The molecule has 0 atom stereocenters. The van der Waals surface area contributed by atoms with Crippen LogP contribution in [0.3, 0.4) is 0 Å². The number of carboxylic acid groups (broad SMARTS) is 1. The van der Waals surface area contributed by atoms with Crippen molar-refractivity contribution in [2.24, 2.45) is 10.2 Å². The third-order valence-electron chi connectivity index (χ3n) is 3.03. The number of azo groups is 1. The molecule has 0 aliphatic heterocycles. The van der Waals surface area contributed by atoms with Crippen LogP contribution in [0.5, 0.6) is 5.75 Å². The summed E-state index contributed by atoms with van der Waals surface area (Å²) in [6.45, 7) is 1.40. The Labute approximate surface area is 208 Å². The largest absolute Gasteiger partial charge is 1.00 e. The molecule has 0 unspecified atom stereocenters. The van der Waals surface area contributed by atoms with Gasteiger partial charge in [-0.15, -0.1) is 5.11 Å². The summed E-state index contributed by atoms with van der Waals surface area (Å²) in [5.74, 6) is -2.35. The molecule has 13 heteroatoms. The summed E-state index contributed by atoms with van der Waals surface area (Å²) in [4.78, 5) is 10.3. The van der Waals surface area contributed by atoms with E-state index in [4.69, 9.17) is 27.8 Å². The molecule has 0 fully saturated rings. The predicted octanol–water partition coefficient (Wildman–Crippen LogP) is -3.59. The SMILES string of the molecule is Cc1cc(N=Nc2cc(Cl)c(S(=O)(=O)O)cc2Cl)cc(C(=O)[O-])c1[O-].[Na+].[Na+]. The van der Waals surface area contributed by atoms with Crippen LogP contribution in [0, 0.1) is 6.92 Å². The Hall–Kier alpha value is -0.200. The van der Waals surface area contributed by atoms with Crippen molar-refractivity contribution in [1.82, 2.24) is 0 Å². The maximum absolute atomic E-state index is 11.7. The Morgan fingerprint density at radius 1 is 1.07 bits per heavy atom. The van der Waals surface area contributed by atoms with E-state index in [-0.39, 0.29) is 86.1 Å². The second-order valence-electron chi connectivity index (χ2n) is 4.84. The van der Waals surface area contributed by atoms with E-state index in [0.29, 0.717) is 0 Å². The van der Waals surface area contributed by atoms with Crippen LogP contribution >= 0.6 is 23.2 Å². The number of nitrogens with zero attached hydrogens (tertiary/aromatic N) is 2. The fraction of sp³-hybridized carbons (Fsp3) is 0.0714. The van der Waals surface area contributed by atoms with E-state index in [1.165, 1.54) is 13.0 Å². The summed E-state index contributed by atoms with van der Waals surface area (Å²) in [6.07, 6.45) is 0. The zero-order chi connectivity index (χ0) is 18.9. The molecule has 2 aromatic rings. The fourth-order valence-electron chi connectivity index (χ4n) is 1.87. The molecule has 0 saturated carbocycles. The summed E-state index contributed by atoms with van der Waals surface area (Å²) in [7, 11) is -4.56. The van der Waals surface area contributed by atoms with Crippen molar-refractivity contribution in [2.45, 2.75) is 11.8 Å². The van der Waals surface area contributed by atoms with Crippen LogP contribution < -0.4 is 69.3 Å². The summed E-state index contributed by atoms with van der Waals surface area (Å²) < 4.78 is 31.3. The van der Waals surface area contributed by atoms with Crippen molar-refractivity contribution < 1.29 is 87.1 Å².